The number of hydrogen-bond donors (Lipinski definition) is 1. The van der Waals surface area contributed by atoms with Crippen molar-refractivity contribution in [3.05, 3.63) is 19.2 Å². The Kier molecular flexibility index (Phi) is 7.11. The lowest BCUT2D eigenvalue weighted by Crippen LogP contribution is -2.31. The summed E-state index contributed by atoms with van der Waals surface area (Å²) >= 11 is 8.66. The normalized spacial score (nSPS) is 13.0. The van der Waals surface area contributed by atoms with E-state index in [-0.39, 0.29) is 6.10 Å². The molecule has 0 radical (unpaired) electrons. The van der Waals surface area contributed by atoms with Crippen LogP contribution in [-0.2, 0) is 16.0 Å². The van der Waals surface area contributed by atoms with Gasteiger partial charge in [0.2, 0.25) is 0 Å². The number of ether oxygens (including phenoxy) is 2. The van der Waals surface area contributed by atoms with Crippen molar-refractivity contribution in [2.75, 3.05) is 27.4 Å². The van der Waals surface area contributed by atoms with Crippen molar-refractivity contribution in [2.45, 2.75) is 12.6 Å². The van der Waals surface area contributed by atoms with Gasteiger partial charge in [-0.3, -0.25) is 0 Å². The second kappa shape index (κ2) is 7.79. The molecule has 6 heteroatoms. The molecule has 1 heterocycles. The molecule has 0 aromatic carbocycles. The van der Waals surface area contributed by atoms with Gasteiger partial charge in [0.1, 0.15) is 0 Å². The molecular formula is C10H15Br2NO2S. The molecule has 1 N–H and O–H groups in total. The number of halogens is 2. The minimum Gasteiger partial charge on any atom is -0.382 e. The van der Waals surface area contributed by atoms with Crippen LogP contribution in [0.15, 0.2) is 14.3 Å². The van der Waals surface area contributed by atoms with Crippen molar-refractivity contribution in [1.82, 2.24) is 5.32 Å². The number of rotatable bonds is 7. The first-order valence-corrected chi connectivity index (χ1v) is 7.23. The molecule has 1 unspecified atom stereocenters. The zero-order valence-corrected chi connectivity index (χ0v) is 13.2. The van der Waals surface area contributed by atoms with Crippen molar-refractivity contribution in [1.29, 1.82) is 0 Å². The maximum Gasteiger partial charge on any atom is 0.0928 e. The molecule has 1 aromatic rings. The predicted molar refractivity (Wildman–Crippen MR) is 74.1 cm³/mol. The molecule has 0 spiro atoms. The van der Waals surface area contributed by atoms with Crippen LogP contribution < -0.4 is 5.32 Å². The summed E-state index contributed by atoms with van der Waals surface area (Å²) in [6.07, 6.45) is 0.108. The molecule has 3 nitrogen and oxygen atoms in total. The van der Waals surface area contributed by atoms with E-state index >= 15 is 0 Å². The highest BCUT2D eigenvalue weighted by Crippen LogP contribution is 2.32. The average molecular weight is 373 g/mol. The van der Waals surface area contributed by atoms with Crippen LogP contribution in [0, 0.1) is 0 Å². The van der Waals surface area contributed by atoms with Gasteiger partial charge in [-0.15, -0.1) is 11.3 Å². The number of methoxy groups -OCH3 is 2. The lowest BCUT2D eigenvalue weighted by atomic mass is 10.3. The fourth-order valence-electron chi connectivity index (χ4n) is 1.23. The van der Waals surface area contributed by atoms with Crippen LogP contribution in [0.25, 0.3) is 0 Å². The van der Waals surface area contributed by atoms with E-state index in [1.165, 1.54) is 4.88 Å². The standard InChI is InChI=1S/C10H15Br2NO2S/c1-14-6-7(15-2)4-13-5-8-3-9(11)10(12)16-8/h3,7,13H,4-6H2,1-2H3. The van der Waals surface area contributed by atoms with Gasteiger partial charge in [-0.1, -0.05) is 0 Å². The molecular weight excluding hydrogens is 358 g/mol. The van der Waals surface area contributed by atoms with Crippen LogP contribution in [0.3, 0.4) is 0 Å². The summed E-state index contributed by atoms with van der Waals surface area (Å²) in [7, 11) is 3.38. The highest BCUT2D eigenvalue weighted by Gasteiger charge is 2.07. The van der Waals surface area contributed by atoms with E-state index in [2.05, 4.69) is 43.2 Å². The summed E-state index contributed by atoms with van der Waals surface area (Å²) in [4.78, 5) is 1.28. The summed E-state index contributed by atoms with van der Waals surface area (Å²) in [5.41, 5.74) is 0. The zero-order valence-electron chi connectivity index (χ0n) is 9.26. The second-order valence-corrected chi connectivity index (χ2v) is 6.59. The van der Waals surface area contributed by atoms with Crippen LogP contribution >= 0.6 is 43.2 Å². The van der Waals surface area contributed by atoms with E-state index in [0.717, 1.165) is 21.3 Å². The Morgan fingerprint density at radius 2 is 2.19 bits per heavy atom. The van der Waals surface area contributed by atoms with Crippen LogP contribution in [0.1, 0.15) is 4.88 Å². The molecule has 16 heavy (non-hydrogen) atoms. The second-order valence-electron chi connectivity index (χ2n) is 3.28. The van der Waals surface area contributed by atoms with Crippen LogP contribution in [0.5, 0.6) is 0 Å². The lowest BCUT2D eigenvalue weighted by Gasteiger charge is -2.14. The number of hydrogen-bond acceptors (Lipinski definition) is 4. The predicted octanol–water partition coefficient (Wildman–Crippen LogP) is 3.02. The van der Waals surface area contributed by atoms with Gasteiger partial charge in [-0.2, -0.15) is 0 Å². The fourth-order valence-corrected chi connectivity index (χ4v) is 3.38. The molecule has 0 fully saturated rings. The highest BCUT2D eigenvalue weighted by atomic mass is 79.9. The molecule has 1 rings (SSSR count). The molecule has 0 bridgehead atoms. The third kappa shape index (κ3) is 4.81. The summed E-state index contributed by atoms with van der Waals surface area (Å²) < 4.78 is 12.5. The summed E-state index contributed by atoms with van der Waals surface area (Å²) in [5, 5.41) is 3.34. The number of thiophene rings is 1. The van der Waals surface area contributed by atoms with Gasteiger partial charge in [-0.25, -0.2) is 0 Å². The first-order valence-electron chi connectivity index (χ1n) is 4.83. The minimum atomic E-state index is 0.108. The topological polar surface area (TPSA) is 30.5 Å². The van der Waals surface area contributed by atoms with Crippen molar-refractivity contribution >= 4 is 43.2 Å². The molecule has 1 atom stereocenters. The van der Waals surface area contributed by atoms with E-state index < -0.39 is 0 Å². The molecule has 0 amide bonds. The molecule has 92 valence electrons. The van der Waals surface area contributed by atoms with E-state index in [4.69, 9.17) is 9.47 Å². The van der Waals surface area contributed by atoms with Gasteiger partial charge in [0.15, 0.2) is 0 Å². The molecule has 0 aliphatic rings. The Bertz CT molecular complexity index is 300. The Morgan fingerprint density at radius 3 is 2.69 bits per heavy atom. The van der Waals surface area contributed by atoms with Crippen LogP contribution in [0.4, 0.5) is 0 Å². The Hall–Kier alpha value is 0.540. The molecule has 0 saturated carbocycles. The van der Waals surface area contributed by atoms with Crippen molar-refractivity contribution in [3.63, 3.8) is 0 Å². The molecule has 0 aliphatic heterocycles. The maximum absolute atomic E-state index is 5.25. The largest absolute Gasteiger partial charge is 0.382 e. The highest BCUT2D eigenvalue weighted by molar-refractivity contribution is 9.13. The van der Waals surface area contributed by atoms with Gasteiger partial charge in [0.25, 0.3) is 0 Å². The number of nitrogens with one attached hydrogen (secondary N) is 1. The van der Waals surface area contributed by atoms with Gasteiger partial charge >= 0.3 is 0 Å². The van der Waals surface area contributed by atoms with Crippen molar-refractivity contribution in [2.24, 2.45) is 0 Å². The fraction of sp³-hybridized carbons (Fsp3) is 0.600. The summed E-state index contributed by atoms with van der Waals surface area (Å²) in [5.74, 6) is 0. The van der Waals surface area contributed by atoms with Crippen molar-refractivity contribution < 1.29 is 9.47 Å². The summed E-state index contributed by atoms with van der Waals surface area (Å²) in [6.45, 7) is 2.25. The third-order valence-corrected chi connectivity index (χ3v) is 5.31. The molecule has 0 aliphatic carbocycles. The Labute approximate surface area is 117 Å². The van der Waals surface area contributed by atoms with E-state index in [1.54, 1.807) is 25.6 Å². The third-order valence-electron chi connectivity index (χ3n) is 2.05. The minimum absolute atomic E-state index is 0.108. The average Bonchev–Trinajstić information content (AvgIpc) is 2.57. The monoisotopic (exact) mass is 371 g/mol. The SMILES string of the molecule is COCC(CNCc1cc(Br)c(Br)s1)OC. The van der Waals surface area contributed by atoms with Crippen LogP contribution in [0.2, 0.25) is 0 Å². The summed E-state index contributed by atoms with van der Waals surface area (Å²) in [6, 6.07) is 2.11. The lowest BCUT2D eigenvalue weighted by molar-refractivity contribution is 0.0288. The van der Waals surface area contributed by atoms with Gasteiger partial charge in [0, 0.05) is 36.7 Å². The molecule has 0 saturated heterocycles. The maximum atomic E-state index is 5.25. The van der Waals surface area contributed by atoms with Gasteiger partial charge < -0.3 is 14.8 Å². The first-order chi connectivity index (χ1) is 7.67. The zero-order chi connectivity index (χ0) is 12.0. The first kappa shape index (κ1) is 14.6. The van der Waals surface area contributed by atoms with Crippen molar-refractivity contribution in [3.8, 4) is 0 Å². The molecule has 1 aromatic heterocycles. The Morgan fingerprint density at radius 1 is 1.44 bits per heavy atom. The van der Waals surface area contributed by atoms with Crippen LogP contribution in [-0.4, -0.2) is 33.5 Å². The van der Waals surface area contributed by atoms with E-state index in [1.807, 2.05) is 0 Å². The van der Waals surface area contributed by atoms with E-state index in [9.17, 15) is 0 Å². The smallest absolute Gasteiger partial charge is 0.0928 e. The Balaban J connectivity index is 2.29. The van der Waals surface area contributed by atoms with Gasteiger partial charge in [0.05, 0.1) is 16.5 Å². The van der Waals surface area contributed by atoms with E-state index in [0.29, 0.717) is 6.61 Å². The van der Waals surface area contributed by atoms with Gasteiger partial charge in [-0.05, 0) is 37.9 Å². The quantitative estimate of drug-likeness (QED) is 0.797.